The molecule has 2 heterocycles. The van der Waals surface area contributed by atoms with Crippen LogP contribution in [0.4, 0.5) is 5.00 Å². The van der Waals surface area contributed by atoms with Crippen LogP contribution in [0.25, 0.3) is 0 Å². The van der Waals surface area contributed by atoms with Crippen molar-refractivity contribution in [1.29, 1.82) is 0 Å². The van der Waals surface area contributed by atoms with Crippen LogP contribution in [0.2, 0.25) is 0 Å². The molecule has 0 radical (unpaired) electrons. The van der Waals surface area contributed by atoms with Crippen molar-refractivity contribution < 1.29 is 23.8 Å². The minimum absolute atomic E-state index is 0.139. The quantitative estimate of drug-likeness (QED) is 0.363. The lowest BCUT2D eigenvalue weighted by molar-refractivity contribution is 0.0601. The number of benzene rings is 1. The molecule has 4 rings (SSSR count). The van der Waals surface area contributed by atoms with E-state index in [1.807, 2.05) is 0 Å². The van der Waals surface area contributed by atoms with Gasteiger partial charge in [-0.25, -0.2) is 4.79 Å². The normalized spacial score (nSPS) is 14.6. The molecule has 0 atom stereocenters. The zero-order valence-electron chi connectivity index (χ0n) is 17.0. The van der Waals surface area contributed by atoms with Gasteiger partial charge in [0, 0.05) is 10.4 Å². The molecule has 1 aromatic heterocycles. The van der Waals surface area contributed by atoms with E-state index in [9.17, 15) is 9.59 Å². The number of hydrogen-bond acceptors (Lipinski definition) is 7. The first kappa shape index (κ1) is 21.4. The standard InChI is InChI=1S/C21H23N3O5S2/c1-27-20(26)17-13-6-4-2-3-5-7-16(13)31-19(17)22-21(30)24-23-18(25)12-8-9-14-15(10-12)29-11-28-14/h8-10H,2-7,11H2,1H3,(H,23,25)(H2,22,24,30). The number of carbonyl (C=O) groups excluding carboxylic acids is 2. The van der Waals surface area contributed by atoms with Gasteiger partial charge in [-0.1, -0.05) is 12.8 Å². The Kier molecular flexibility index (Phi) is 6.57. The van der Waals surface area contributed by atoms with Gasteiger partial charge >= 0.3 is 5.97 Å². The summed E-state index contributed by atoms with van der Waals surface area (Å²) in [5.74, 6) is 0.360. The smallest absolute Gasteiger partial charge is 0.341 e. The van der Waals surface area contributed by atoms with E-state index in [1.54, 1.807) is 18.2 Å². The van der Waals surface area contributed by atoms with Gasteiger partial charge < -0.3 is 19.5 Å². The predicted octanol–water partition coefficient (Wildman–Crippen LogP) is 3.55. The number of ether oxygens (including phenoxy) is 3. The highest BCUT2D eigenvalue weighted by atomic mass is 32.1. The molecule has 10 heteroatoms. The monoisotopic (exact) mass is 461 g/mol. The summed E-state index contributed by atoms with van der Waals surface area (Å²) in [5.41, 5.74) is 7.23. The number of hydrazine groups is 1. The van der Waals surface area contributed by atoms with Crippen LogP contribution < -0.4 is 25.6 Å². The van der Waals surface area contributed by atoms with Crippen molar-refractivity contribution in [2.45, 2.75) is 38.5 Å². The van der Waals surface area contributed by atoms with Crippen molar-refractivity contribution in [2.24, 2.45) is 0 Å². The van der Waals surface area contributed by atoms with Crippen LogP contribution in [0.15, 0.2) is 18.2 Å². The molecule has 1 aromatic carbocycles. The van der Waals surface area contributed by atoms with Gasteiger partial charge in [-0.2, -0.15) is 0 Å². The Hall–Kier alpha value is -2.85. The Bertz CT molecular complexity index is 1020. The third kappa shape index (κ3) is 4.75. The van der Waals surface area contributed by atoms with Crippen molar-refractivity contribution >= 4 is 45.5 Å². The molecule has 164 valence electrons. The average Bonchev–Trinajstić information content (AvgIpc) is 3.35. The number of aryl methyl sites for hydroxylation is 1. The van der Waals surface area contributed by atoms with E-state index in [0.717, 1.165) is 37.7 Å². The SMILES string of the molecule is COC(=O)c1c(NC(=S)NNC(=O)c2ccc3c(c2)OCO3)sc2c1CCCCCC2. The molecule has 0 saturated carbocycles. The molecule has 2 aromatic rings. The maximum atomic E-state index is 12.5. The van der Waals surface area contributed by atoms with Crippen LogP contribution in [0.1, 0.15) is 56.8 Å². The first-order valence-corrected chi connectivity index (χ1v) is 11.3. The molecular formula is C21H23N3O5S2. The van der Waals surface area contributed by atoms with Gasteiger partial charge in [0.15, 0.2) is 16.6 Å². The summed E-state index contributed by atoms with van der Waals surface area (Å²) in [4.78, 5) is 26.1. The Balaban J connectivity index is 1.43. The molecule has 1 aliphatic carbocycles. The highest BCUT2D eigenvalue weighted by molar-refractivity contribution is 7.80. The first-order valence-electron chi connectivity index (χ1n) is 10.1. The predicted molar refractivity (Wildman–Crippen MR) is 121 cm³/mol. The van der Waals surface area contributed by atoms with E-state index in [-0.39, 0.29) is 23.8 Å². The Morgan fingerprint density at radius 2 is 1.84 bits per heavy atom. The molecule has 8 nitrogen and oxygen atoms in total. The number of thiocarbonyl (C=S) groups is 1. The molecule has 0 fully saturated rings. The summed E-state index contributed by atoms with van der Waals surface area (Å²) < 4.78 is 15.6. The second-order valence-corrected chi connectivity index (χ2v) is 8.73. The van der Waals surface area contributed by atoms with Gasteiger partial charge in [-0.3, -0.25) is 15.6 Å². The van der Waals surface area contributed by atoms with Gasteiger partial charge in [-0.05, 0) is 61.7 Å². The maximum absolute atomic E-state index is 12.5. The van der Waals surface area contributed by atoms with Gasteiger partial charge in [-0.15, -0.1) is 11.3 Å². The van der Waals surface area contributed by atoms with Crippen LogP contribution in [-0.4, -0.2) is 30.9 Å². The molecule has 0 bridgehead atoms. The average molecular weight is 462 g/mol. The number of thiophene rings is 1. The molecule has 1 amide bonds. The lowest BCUT2D eigenvalue weighted by atomic mass is 9.96. The zero-order valence-corrected chi connectivity index (χ0v) is 18.7. The summed E-state index contributed by atoms with van der Waals surface area (Å²) in [7, 11) is 1.38. The Morgan fingerprint density at radius 1 is 1.06 bits per heavy atom. The van der Waals surface area contributed by atoms with Gasteiger partial charge in [0.1, 0.15) is 5.00 Å². The zero-order chi connectivity index (χ0) is 21.8. The van der Waals surface area contributed by atoms with E-state index in [0.29, 0.717) is 27.6 Å². The van der Waals surface area contributed by atoms with Crippen molar-refractivity contribution in [3.05, 3.63) is 39.8 Å². The molecule has 0 saturated heterocycles. The number of anilines is 1. The van der Waals surface area contributed by atoms with E-state index in [2.05, 4.69) is 16.2 Å². The van der Waals surface area contributed by atoms with Crippen LogP contribution in [0, 0.1) is 0 Å². The highest BCUT2D eigenvalue weighted by Crippen LogP contribution is 2.37. The summed E-state index contributed by atoms with van der Waals surface area (Å²) in [6.07, 6.45) is 6.28. The Morgan fingerprint density at radius 3 is 2.65 bits per heavy atom. The first-order chi connectivity index (χ1) is 15.1. The second kappa shape index (κ2) is 9.52. The van der Waals surface area contributed by atoms with Crippen molar-refractivity contribution in [1.82, 2.24) is 10.9 Å². The summed E-state index contributed by atoms with van der Waals surface area (Å²) >= 11 is 6.85. The number of carbonyl (C=O) groups is 2. The molecular weight excluding hydrogens is 438 g/mol. The third-order valence-corrected chi connectivity index (χ3v) is 6.62. The minimum Gasteiger partial charge on any atom is -0.465 e. The fourth-order valence-corrected chi connectivity index (χ4v) is 5.18. The Labute approximate surface area is 189 Å². The number of amides is 1. The largest absolute Gasteiger partial charge is 0.465 e. The molecule has 0 unspecified atom stereocenters. The molecule has 1 aliphatic heterocycles. The lowest BCUT2D eigenvalue weighted by Crippen LogP contribution is -2.43. The van der Waals surface area contributed by atoms with Crippen LogP contribution in [0.5, 0.6) is 11.5 Å². The molecule has 31 heavy (non-hydrogen) atoms. The molecule has 0 spiro atoms. The number of nitrogens with one attached hydrogen (secondary N) is 3. The topological polar surface area (TPSA) is 97.9 Å². The number of esters is 1. The minimum atomic E-state index is -0.382. The third-order valence-electron chi connectivity index (χ3n) is 5.21. The lowest BCUT2D eigenvalue weighted by Gasteiger charge is -2.12. The number of hydrogen-bond donors (Lipinski definition) is 3. The van der Waals surface area contributed by atoms with E-state index >= 15 is 0 Å². The van der Waals surface area contributed by atoms with Gasteiger partial charge in [0.2, 0.25) is 6.79 Å². The molecule has 3 N–H and O–H groups in total. The van der Waals surface area contributed by atoms with E-state index < -0.39 is 0 Å². The highest BCUT2D eigenvalue weighted by Gasteiger charge is 2.25. The van der Waals surface area contributed by atoms with Crippen LogP contribution >= 0.6 is 23.6 Å². The number of methoxy groups -OCH3 is 1. The second-order valence-electron chi connectivity index (χ2n) is 7.21. The summed E-state index contributed by atoms with van der Waals surface area (Å²) in [6, 6.07) is 4.91. The van der Waals surface area contributed by atoms with Crippen LogP contribution in [0.3, 0.4) is 0 Å². The van der Waals surface area contributed by atoms with Crippen LogP contribution in [-0.2, 0) is 17.6 Å². The number of fused-ring (bicyclic) bond motifs is 2. The van der Waals surface area contributed by atoms with Crippen molar-refractivity contribution in [2.75, 3.05) is 19.2 Å². The summed E-state index contributed by atoms with van der Waals surface area (Å²) in [6.45, 7) is 0.139. The number of rotatable bonds is 3. The van der Waals surface area contributed by atoms with Gasteiger partial charge in [0.05, 0.1) is 12.7 Å². The van der Waals surface area contributed by atoms with E-state index in [4.69, 9.17) is 26.4 Å². The van der Waals surface area contributed by atoms with E-state index in [1.165, 1.54) is 29.7 Å². The van der Waals surface area contributed by atoms with Gasteiger partial charge in [0.25, 0.3) is 5.91 Å². The molecule has 2 aliphatic rings. The van der Waals surface area contributed by atoms with Crippen molar-refractivity contribution in [3.8, 4) is 11.5 Å². The van der Waals surface area contributed by atoms with Crippen molar-refractivity contribution in [3.63, 3.8) is 0 Å². The fourth-order valence-electron chi connectivity index (χ4n) is 3.68. The maximum Gasteiger partial charge on any atom is 0.341 e. The summed E-state index contributed by atoms with van der Waals surface area (Å²) in [5, 5.41) is 3.86. The fraction of sp³-hybridized carbons (Fsp3) is 0.381.